The highest BCUT2D eigenvalue weighted by molar-refractivity contribution is 5.13. The smallest absolute Gasteiger partial charge is 0.164 e. The summed E-state index contributed by atoms with van der Waals surface area (Å²) in [5, 5.41) is 10.3. The molecular weight excluding hydrogens is 256 g/mol. The molecule has 0 amide bonds. The molecule has 20 heavy (non-hydrogen) atoms. The molecule has 1 aliphatic heterocycles. The largest absolute Gasteiger partial charge is 0.387 e. The Bertz CT molecular complexity index is 431. The lowest BCUT2D eigenvalue weighted by Crippen LogP contribution is -2.62. The molecule has 1 aromatic carbocycles. The topological polar surface area (TPSA) is 47.9 Å². The minimum atomic E-state index is -0.768. The van der Waals surface area contributed by atoms with E-state index in [2.05, 4.69) is 0 Å². The third-order valence-electron chi connectivity index (χ3n) is 3.52. The van der Waals surface area contributed by atoms with E-state index in [9.17, 15) is 5.11 Å². The Hall–Kier alpha value is -0.940. The van der Waals surface area contributed by atoms with E-state index in [0.29, 0.717) is 13.2 Å². The van der Waals surface area contributed by atoms with Gasteiger partial charge in [-0.1, -0.05) is 30.3 Å². The average Bonchev–Trinajstić information content (AvgIpc) is 2.36. The standard InChI is InChI=1S/C16H24O4/c1-12-14(17)16(4,20-15(2,3)19-12)11-18-10-13-8-6-5-7-9-13/h5-9,12,14,17H,10-11H2,1-4H3/t12-,14+,16-/m0/s1. The molecule has 0 spiro atoms. The number of hydrogen-bond donors (Lipinski definition) is 1. The van der Waals surface area contributed by atoms with E-state index < -0.39 is 17.5 Å². The molecule has 1 saturated heterocycles. The van der Waals surface area contributed by atoms with Crippen molar-refractivity contribution in [3.63, 3.8) is 0 Å². The molecule has 3 atom stereocenters. The first-order chi connectivity index (χ1) is 9.32. The predicted octanol–water partition coefficient (Wildman–Crippen LogP) is 2.49. The van der Waals surface area contributed by atoms with Crippen molar-refractivity contribution in [3.8, 4) is 0 Å². The van der Waals surface area contributed by atoms with Gasteiger partial charge < -0.3 is 19.3 Å². The predicted molar refractivity (Wildman–Crippen MR) is 76.2 cm³/mol. The first-order valence-electron chi connectivity index (χ1n) is 7.00. The Morgan fingerprint density at radius 3 is 2.50 bits per heavy atom. The lowest BCUT2D eigenvalue weighted by atomic mass is 9.93. The summed E-state index contributed by atoms with van der Waals surface area (Å²) in [7, 11) is 0. The van der Waals surface area contributed by atoms with Gasteiger partial charge in [-0.05, 0) is 33.3 Å². The summed E-state index contributed by atoms with van der Waals surface area (Å²) in [6, 6.07) is 9.95. The molecule has 0 unspecified atom stereocenters. The minimum Gasteiger partial charge on any atom is -0.387 e. The van der Waals surface area contributed by atoms with Crippen LogP contribution in [0.3, 0.4) is 0 Å². The Morgan fingerprint density at radius 2 is 1.85 bits per heavy atom. The van der Waals surface area contributed by atoms with Crippen LogP contribution in [-0.2, 0) is 20.8 Å². The maximum Gasteiger partial charge on any atom is 0.164 e. The molecule has 0 aromatic heterocycles. The molecule has 0 aliphatic carbocycles. The lowest BCUT2D eigenvalue weighted by Gasteiger charge is -2.48. The number of hydrogen-bond acceptors (Lipinski definition) is 4. The maximum absolute atomic E-state index is 10.3. The molecule has 1 N–H and O–H groups in total. The molecule has 2 rings (SSSR count). The molecule has 1 aromatic rings. The number of aliphatic hydroxyl groups is 1. The van der Waals surface area contributed by atoms with Crippen molar-refractivity contribution in [1.29, 1.82) is 0 Å². The van der Waals surface area contributed by atoms with Gasteiger partial charge in [-0.3, -0.25) is 0 Å². The van der Waals surface area contributed by atoms with Crippen LogP contribution in [0.25, 0.3) is 0 Å². The quantitative estimate of drug-likeness (QED) is 0.920. The first-order valence-corrected chi connectivity index (χ1v) is 7.00. The third-order valence-corrected chi connectivity index (χ3v) is 3.52. The summed E-state index contributed by atoms with van der Waals surface area (Å²) in [5.41, 5.74) is 0.334. The Labute approximate surface area is 120 Å². The number of ether oxygens (including phenoxy) is 3. The molecule has 1 heterocycles. The van der Waals surface area contributed by atoms with Crippen LogP contribution in [0.15, 0.2) is 30.3 Å². The van der Waals surface area contributed by atoms with Gasteiger partial charge in [0.15, 0.2) is 5.79 Å². The minimum absolute atomic E-state index is 0.288. The van der Waals surface area contributed by atoms with Crippen LogP contribution < -0.4 is 0 Å². The SMILES string of the molecule is C[C@@H]1OC(C)(C)O[C@@](C)(COCc2ccccc2)[C@@H]1O. The molecule has 0 bridgehead atoms. The molecule has 4 heteroatoms. The molecule has 4 nitrogen and oxygen atoms in total. The summed E-state index contributed by atoms with van der Waals surface area (Å²) in [6.07, 6.45) is -1.00. The zero-order valence-corrected chi connectivity index (χ0v) is 12.6. The van der Waals surface area contributed by atoms with Crippen LogP contribution in [0.2, 0.25) is 0 Å². The van der Waals surface area contributed by atoms with Crippen LogP contribution in [0.4, 0.5) is 0 Å². The van der Waals surface area contributed by atoms with E-state index in [4.69, 9.17) is 14.2 Å². The van der Waals surface area contributed by atoms with Crippen molar-refractivity contribution in [2.75, 3.05) is 6.61 Å². The fraction of sp³-hybridized carbons (Fsp3) is 0.625. The second-order valence-corrected chi connectivity index (χ2v) is 6.06. The maximum atomic E-state index is 10.3. The summed E-state index contributed by atoms with van der Waals surface area (Å²) in [4.78, 5) is 0. The van der Waals surface area contributed by atoms with E-state index in [1.54, 1.807) is 0 Å². The normalized spacial score (nSPS) is 33.0. The lowest BCUT2D eigenvalue weighted by molar-refractivity contribution is -0.367. The first kappa shape index (κ1) is 15.4. The summed E-state index contributed by atoms with van der Waals surface area (Å²) in [5.74, 6) is -0.719. The zero-order chi connectivity index (χ0) is 14.8. The van der Waals surface area contributed by atoms with Gasteiger partial charge >= 0.3 is 0 Å². The highest BCUT2D eigenvalue weighted by Gasteiger charge is 2.48. The third kappa shape index (κ3) is 3.58. The van der Waals surface area contributed by atoms with Crippen molar-refractivity contribution in [3.05, 3.63) is 35.9 Å². The van der Waals surface area contributed by atoms with Crippen LogP contribution in [-0.4, -0.2) is 35.3 Å². The zero-order valence-electron chi connectivity index (χ0n) is 12.6. The molecule has 1 fully saturated rings. The van der Waals surface area contributed by atoms with Crippen LogP contribution in [0, 0.1) is 0 Å². The Morgan fingerprint density at radius 1 is 1.20 bits per heavy atom. The van der Waals surface area contributed by atoms with Gasteiger partial charge in [0.05, 0.1) is 19.3 Å². The van der Waals surface area contributed by atoms with Gasteiger partial charge in [-0.15, -0.1) is 0 Å². The van der Waals surface area contributed by atoms with Gasteiger partial charge in [-0.2, -0.15) is 0 Å². The molecule has 112 valence electrons. The van der Waals surface area contributed by atoms with Gasteiger partial charge in [0.1, 0.15) is 11.7 Å². The second kappa shape index (κ2) is 5.82. The monoisotopic (exact) mass is 280 g/mol. The van der Waals surface area contributed by atoms with E-state index in [1.807, 2.05) is 58.0 Å². The van der Waals surface area contributed by atoms with Gasteiger partial charge in [-0.25, -0.2) is 0 Å². The van der Waals surface area contributed by atoms with Gasteiger partial charge in [0.25, 0.3) is 0 Å². The summed E-state index contributed by atoms with van der Waals surface area (Å²) >= 11 is 0. The summed E-state index contributed by atoms with van der Waals surface area (Å²) in [6.45, 7) is 8.24. The van der Waals surface area contributed by atoms with Crippen molar-refractivity contribution in [1.82, 2.24) is 0 Å². The summed E-state index contributed by atoms with van der Waals surface area (Å²) < 4.78 is 17.2. The highest BCUT2D eigenvalue weighted by Crippen LogP contribution is 2.34. The number of benzene rings is 1. The highest BCUT2D eigenvalue weighted by atomic mass is 16.7. The Balaban J connectivity index is 1.95. The van der Waals surface area contributed by atoms with Crippen LogP contribution in [0.5, 0.6) is 0 Å². The molecule has 1 aliphatic rings. The van der Waals surface area contributed by atoms with Gasteiger partial charge in [0.2, 0.25) is 0 Å². The van der Waals surface area contributed by atoms with Crippen molar-refractivity contribution < 1.29 is 19.3 Å². The fourth-order valence-electron chi connectivity index (χ4n) is 2.72. The fourth-order valence-corrected chi connectivity index (χ4v) is 2.72. The molecule has 0 radical (unpaired) electrons. The number of rotatable bonds is 4. The number of aliphatic hydroxyl groups excluding tert-OH is 1. The van der Waals surface area contributed by atoms with Crippen molar-refractivity contribution in [2.45, 2.75) is 57.9 Å². The second-order valence-electron chi connectivity index (χ2n) is 6.06. The van der Waals surface area contributed by atoms with E-state index in [0.717, 1.165) is 5.56 Å². The molecular formula is C16H24O4. The van der Waals surface area contributed by atoms with E-state index in [1.165, 1.54) is 0 Å². The van der Waals surface area contributed by atoms with E-state index in [-0.39, 0.29) is 6.10 Å². The van der Waals surface area contributed by atoms with Gasteiger partial charge in [0, 0.05) is 0 Å². The molecule has 0 saturated carbocycles. The van der Waals surface area contributed by atoms with Crippen molar-refractivity contribution >= 4 is 0 Å². The van der Waals surface area contributed by atoms with Crippen LogP contribution in [0.1, 0.15) is 33.3 Å². The van der Waals surface area contributed by atoms with Crippen molar-refractivity contribution in [2.24, 2.45) is 0 Å². The Kier molecular flexibility index (Phi) is 4.49. The average molecular weight is 280 g/mol. The van der Waals surface area contributed by atoms with E-state index >= 15 is 0 Å². The van der Waals surface area contributed by atoms with Crippen LogP contribution >= 0.6 is 0 Å².